The van der Waals surface area contributed by atoms with Crippen LogP contribution in [0.25, 0.3) is 0 Å². The molecule has 4 aromatic rings. The molecule has 4 rings (SSSR count). The van der Waals surface area contributed by atoms with Gasteiger partial charge in [0.1, 0.15) is 23.1 Å². The van der Waals surface area contributed by atoms with Crippen LogP contribution in [0.3, 0.4) is 0 Å². The molecule has 2 aromatic heterocycles. The molecule has 1 amide bonds. The minimum absolute atomic E-state index is 0.155. The molecule has 0 fully saturated rings. The van der Waals surface area contributed by atoms with Gasteiger partial charge in [-0.15, -0.1) is 20.4 Å². The Bertz CT molecular complexity index is 1210. The second-order valence-corrected chi connectivity index (χ2v) is 8.70. The van der Waals surface area contributed by atoms with Gasteiger partial charge in [0, 0.05) is 12.6 Å². The van der Waals surface area contributed by atoms with Gasteiger partial charge in [0.15, 0.2) is 5.82 Å². The van der Waals surface area contributed by atoms with Crippen LogP contribution in [0.5, 0.6) is 11.5 Å². The van der Waals surface area contributed by atoms with Gasteiger partial charge < -0.3 is 20.6 Å². The molecule has 0 bridgehead atoms. The first-order chi connectivity index (χ1) is 16.1. The highest BCUT2D eigenvalue weighted by Crippen LogP contribution is 2.24. The molecule has 0 unspecified atom stereocenters. The van der Waals surface area contributed by atoms with Crippen LogP contribution in [0.1, 0.15) is 26.2 Å². The van der Waals surface area contributed by atoms with E-state index in [0.717, 1.165) is 5.56 Å². The Morgan fingerprint density at radius 3 is 2.73 bits per heavy atom. The summed E-state index contributed by atoms with van der Waals surface area (Å²) in [7, 11) is 1.59. The predicted octanol–water partition coefficient (Wildman–Crippen LogP) is 2.65. The summed E-state index contributed by atoms with van der Waals surface area (Å²) in [5.41, 5.74) is 1.01. The fourth-order valence-corrected chi connectivity index (χ4v) is 4.34. The third-order valence-electron chi connectivity index (χ3n) is 4.43. The summed E-state index contributed by atoms with van der Waals surface area (Å²) >= 11 is 2.58. The highest BCUT2D eigenvalue weighted by atomic mass is 32.2. The molecule has 0 aliphatic heterocycles. The van der Waals surface area contributed by atoms with Crippen LogP contribution in [0.15, 0.2) is 59.8 Å². The van der Waals surface area contributed by atoms with Crippen molar-refractivity contribution in [2.24, 2.45) is 0 Å². The van der Waals surface area contributed by atoms with Gasteiger partial charge in [0.25, 0.3) is 5.91 Å². The zero-order valence-corrected chi connectivity index (χ0v) is 19.3. The quantitative estimate of drug-likeness (QED) is 0.258. The minimum Gasteiger partial charge on any atom is -0.497 e. The highest BCUT2D eigenvalue weighted by Gasteiger charge is 2.15. The lowest BCUT2D eigenvalue weighted by Crippen LogP contribution is -2.22. The SMILES string of the molecule is COc1cccc(OCc2nnc(SCc3nnc(C(=O)NCc4ccccc4)s3)n2N)c1. The standard InChI is InChI=1S/C21H21N7O3S2/c1-30-15-8-5-9-16(10-15)31-12-17-24-27-21(28(17)22)32-13-18-25-26-20(33-18)19(29)23-11-14-6-3-2-4-7-14/h2-10H,11-13,22H2,1H3,(H,23,29). The lowest BCUT2D eigenvalue weighted by atomic mass is 10.2. The van der Waals surface area contributed by atoms with E-state index in [1.807, 2.05) is 48.5 Å². The van der Waals surface area contributed by atoms with Gasteiger partial charge in [-0.25, -0.2) is 4.68 Å². The molecule has 3 N–H and O–H groups in total. The fourth-order valence-electron chi connectivity index (χ4n) is 2.73. The molecular weight excluding hydrogens is 462 g/mol. The maximum absolute atomic E-state index is 12.3. The summed E-state index contributed by atoms with van der Waals surface area (Å²) in [6.07, 6.45) is 0. The molecule has 12 heteroatoms. The van der Waals surface area contributed by atoms with E-state index in [2.05, 4.69) is 25.7 Å². The summed E-state index contributed by atoms with van der Waals surface area (Å²) < 4.78 is 12.3. The lowest BCUT2D eigenvalue weighted by molar-refractivity contribution is 0.0950. The Labute approximate surface area is 198 Å². The van der Waals surface area contributed by atoms with E-state index in [1.54, 1.807) is 13.2 Å². The van der Waals surface area contributed by atoms with Gasteiger partial charge in [-0.3, -0.25) is 4.79 Å². The van der Waals surface area contributed by atoms with E-state index in [9.17, 15) is 4.79 Å². The molecule has 10 nitrogen and oxygen atoms in total. The zero-order chi connectivity index (χ0) is 23.0. The summed E-state index contributed by atoms with van der Waals surface area (Å²) in [5.74, 6) is 8.11. The number of methoxy groups -OCH3 is 1. The normalized spacial score (nSPS) is 10.7. The number of aromatic nitrogens is 5. The molecule has 2 aromatic carbocycles. The van der Waals surface area contributed by atoms with Gasteiger partial charge in [-0.05, 0) is 17.7 Å². The number of rotatable bonds is 10. The van der Waals surface area contributed by atoms with E-state index in [4.69, 9.17) is 15.3 Å². The van der Waals surface area contributed by atoms with E-state index in [0.29, 0.717) is 44.8 Å². The number of ether oxygens (including phenoxy) is 2. The first-order valence-electron chi connectivity index (χ1n) is 9.86. The van der Waals surface area contributed by atoms with Crippen molar-refractivity contribution < 1.29 is 14.3 Å². The fraction of sp³-hybridized carbons (Fsp3) is 0.190. The number of hydrogen-bond acceptors (Lipinski definition) is 10. The maximum atomic E-state index is 12.3. The molecule has 0 atom stereocenters. The highest BCUT2D eigenvalue weighted by molar-refractivity contribution is 7.98. The van der Waals surface area contributed by atoms with Crippen molar-refractivity contribution in [1.29, 1.82) is 0 Å². The van der Waals surface area contributed by atoms with Gasteiger partial charge in [-0.2, -0.15) is 0 Å². The maximum Gasteiger partial charge on any atom is 0.282 e. The molecule has 0 radical (unpaired) electrons. The van der Waals surface area contributed by atoms with Crippen LogP contribution < -0.4 is 20.6 Å². The first kappa shape index (κ1) is 22.6. The van der Waals surface area contributed by atoms with Crippen LogP contribution in [0.4, 0.5) is 0 Å². The van der Waals surface area contributed by atoms with Crippen molar-refractivity contribution in [1.82, 2.24) is 30.4 Å². The van der Waals surface area contributed by atoms with Crippen molar-refractivity contribution in [3.05, 3.63) is 76.0 Å². The van der Waals surface area contributed by atoms with Crippen LogP contribution in [-0.2, 0) is 18.9 Å². The number of amides is 1. The van der Waals surface area contributed by atoms with Crippen molar-refractivity contribution >= 4 is 29.0 Å². The molecule has 0 aliphatic rings. The van der Waals surface area contributed by atoms with Crippen LogP contribution in [-0.4, -0.2) is 38.1 Å². The Kier molecular flexibility index (Phi) is 7.37. The van der Waals surface area contributed by atoms with Gasteiger partial charge >= 0.3 is 0 Å². The monoisotopic (exact) mass is 483 g/mol. The summed E-state index contributed by atoms with van der Waals surface area (Å²) in [6, 6.07) is 16.9. The number of nitrogens with one attached hydrogen (secondary N) is 1. The molecule has 33 heavy (non-hydrogen) atoms. The van der Waals surface area contributed by atoms with Crippen LogP contribution >= 0.6 is 23.1 Å². The third-order valence-corrected chi connectivity index (χ3v) is 6.49. The number of hydrogen-bond donors (Lipinski definition) is 2. The summed E-state index contributed by atoms with van der Waals surface area (Å²) in [4.78, 5) is 12.3. The first-order valence-corrected chi connectivity index (χ1v) is 11.7. The molecule has 0 saturated heterocycles. The number of nitrogen functional groups attached to an aromatic ring is 1. The Balaban J connectivity index is 1.28. The van der Waals surface area contributed by atoms with Crippen LogP contribution in [0, 0.1) is 0 Å². The van der Waals surface area contributed by atoms with Crippen molar-refractivity contribution in [3.63, 3.8) is 0 Å². The number of carbonyl (C=O) groups excluding carboxylic acids is 1. The molecular formula is C21H21N7O3S2. The van der Waals surface area contributed by atoms with Crippen molar-refractivity contribution in [2.45, 2.75) is 24.1 Å². The average Bonchev–Trinajstić information content (AvgIpc) is 3.47. The van der Waals surface area contributed by atoms with Gasteiger partial charge in [0.2, 0.25) is 10.2 Å². The third kappa shape index (κ3) is 5.99. The number of nitrogens with two attached hydrogens (primary N) is 1. The summed E-state index contributed by atoms with van der Waals surface area (Å²) in [5, 5.41) is 20.6. The molecule has 0 spiro atoms. The number of carbonyl (C=O) groups is 1. The topological polar surface area (TPSA) is 130 Å². The molecule has 2 heterocycles. The zero-order valence-electron chi connectivity index (χ0n) is 17.7. The second kappa shape index (κ2) is 10.8. The minimum atomic E-state index is -0.258. The second-order valence-electron chi connectivity index (χ2n) is 6.69. The molecule has 170 valence electrons. The Morgan fingerprint density at radius 1 is 1.09 bits per heavy atom. The van der Waals surface area contributed by atoms with E-state index in [-0.39, 0.29) is 12.5 Å². The van der Waals surface area contributed by atoms with Crippen LogP contribution in [0.2, 0.25) is 0 Å². The lowest BCUT2D eigenvalue weighted by Gasteiger charge is -2.07. The predicted molar refractivity (Wildman–Crippen MR) is 125 cm³/mol. The number of benzene rings is 2. The Hall–Kier alpha value is -3.64. The number of thioether (sulfide) groups is 1. The molecule has 0 aliphatic carbocycles. The van der Waals surface area contributed by atoms with Gasteiger partial charge in [0.05, 0.1) is 12.9 Å². The average molecular weight is 484 g/mol. The number of nitrogens with zero attached hydrogens (tertiary/aromatic N) is 5. The van der Waals surface area contributed by atoms with Crippen molar-refractivity contribution in [3.8, 4) is 11.5 Å². The summed E-state index contributed by atoms with van der Waals surface area (Å²) in [6.45, 7) is 0.585. The Morgan fingerprint density at radius 2 is 1.91 bits per heavy atom. The van der Waals surface area contributed by atoms with Gasteiger partial charge in [-0.1, -0.05) is 59.5 Å². The van der Waals surface area contributed by atoms with E-state index >= 15 is 0 Å². The van der Waals surface area contributed by atoms with E-state index < -0.39 is 0 Å². The largest absolute Gasteiger partial charge is 0.497 e. The smallest absolute Gasteiger partial charge is 0.282 e. The molecule has 0 saturated carbocycles. The van der Waals surface area contributed by atoms with Crippen molar-refractivity contribution in [2.75, 3.05) is 13.0 Å². The van der Waals surface area contributed by atoms with E-state index in [1.165, 1.54) is 27.8 Å².